The third kappa shape index (κ3) is 3.43. The standard InChI is InChI=1S/C16H10BrClN2O3S/c1-23-15(22)8-2-5-12-13(6-8)24-16(19-12)20-14(21)10-7-9(17)3-4-11(10)18/h2-7H,1H3,(H,19,20,21). The molecular formula is C16H10BrClN2O3S. The lowest BCUT2D eigenvalue weighted by Gasteiger charge is -2.04. The van der Waals surface area contributed by atoms with Crippen LogP contribution in [0, 0.1) is 0 Å². The number of carbonyl (C=O) groups is 2. The highest BCUT2D eigenvalue weighted by Crippen LogP contribution is 2.28. The van der Waals surface area contributed by atoms with Crippen LogP contribution in [0.25, 0.3) is 10.2 Å². The minimum absolute atomic E-state index is 0.348. The summed E-state index contributed by atoms with van der Waals surface area (Å²) in [6, 6.07) is 10.1. The number of esters is 1. The number of hydrogen-bond donors (Lipinski definition) is 1. The van der Waals surface area contributed by atoms with Gasteiger partial charge in [-0.2, -0.15) is 0 Å². The monoisotopic (exact) mass is 424 g/mol. The topological polar surface area (TPSA) is 68.3 Å². The van der Waals surface area contributed by atoms with Crippen LogP contribution < -0.4 is 5.32 Å². The van der Waals surface area contributed by atoms with Crippen LogP contribution >= 0.6 is 38.9 Å². The van der Waals surface area contributed by atoms with E-state index in [9.17, 15) is 9.59 Å². The van der Waals surface area contributed by atoms with E-state index in [0.29, 0.717) is 26.8 Å². The summed E-state index contributed by atoms with van der Waals surface area (Å²) in [5.41, 5.74) is 1.46. The van der Waals surface area contributed by atoms with E-state index in [2.05, 4.69) is 26.2 Å². The third-order valence-corrected chi connectivity index (χ3v) is 4.96. The van der Waals surface area contributed by atoms with Gasteiger partial charge in [-0.25, -0.2) is 9.78 Å². The van der Waals surface area contributed by atoms with E-state index >= 15 is 0 Å². The molecule has 0 saturated carbocycles. The van der Waals surface area contributed by atoms with Crippen LogP contribution in [0.2, 0.25) is 5.02 Å². The molecule has 0 spiro atoms. The molecule has 5 nitrogen and oxygen atoms in total. The van der Waals surface area contributed by atoms with Gasteiger partial charge < -0.3 is 4.74 Å². The molecule has 122 valence electrons. The number of anilines is 1. The second-order valence-corrected chi connectivity index (χ2v) is 7.12. The Kier molecular flexibility index (Phi) is 4.84. The number of hydrogen-bond acceptors (Lipinski definition) is 5. The van der Waals surface area contributed by atoms with Crippen LogP contribution in [0.1, 0.15) is 20.7 Å². The van der Waals surface area contributed by atoms with Gasteiger partial charge in [-0.15, -0.1) is 0 Å². The number of thiazole rings is 1. The lowest BCUT2D eigenvalue weighted by molar-refractivity contribution is 0.0601. The number of nitrogens with zero attached hydrogens (tertiary/aromatic N) is 1. The molecule has 1 aromatic heterocycles. The van der Waals surface area contributed by atoms with E-state index in [1.165, 1.54) is 18.4 Å². The zero-order valence-corrected chi connectivity index (χ0v) is 15.5. The number of methoxy groups -OCH3 is 1. The van der Waals surface area contributed by atoms with Crippen molar-refractivity contribution in [3.05, 3.63) is 57.0 Å². The molecule has 8 heteroatoms. The van der Waals surface area contributed by atoms with E-state index in [1.807, 2.05) is 0 Å². The summed E-state index contributed by atoms with van der Waals surface area (Å²) >= 11 is 10.6. The molecule has 0 radical (unpaired) electrons. The number of nitrogens with one attached hydrogen (secondary N) is 1. The molecular weight excluding hydrogens is 416 g/mol. The van der Waals surface area contributed by atoms with E-state index in [4.69, 9.17) is 16.3 Å². The fourth-order valence-electron chi connectivity index (χ4n) is 2.06. The highest BCUT2D eigenvalue weighted by Gasteiger charge is 2.14. The molecule has 3 rings (SSSR count). The summed E-state index contributed by atoms with van der Waals surface area (Å²) in [5, 5.41) is 3.50. The number of ether oxygens (including phenoxy) is 1. The van der Waals surface area contributed by atoms with Gasteiger partial charge in [0.15, 0.2) is 5.13 Å². The van der Waals surface area contributed by atoms with Gasteiger partial charge in [0.25, 0.3) is 5.91 Å². The van der Waals surface area contributed by atoms with E-state index in [1.54, 1.807) is 36.4 Å². The van der Waals surface area contributed by atoms with Crippen molar-refractivity contribution in [3.63, 3.8) is 0 Å². The van der Waals surface area contributed by atoms with Crippen molar-refractivity contribution in [2.24, 2.45) is 0 Å². The number of carbonyl (C=O) groups excluding carboxylic acids is 2. The molecule has 0 fully saturated rings. The van der Waals surface area contributed by atoms with Crippen molar-refractivity contribution >= 4 is 66.1 Å². The molecule has 0 aliphatic carbocycles. The highest BCUT2D eigenvalue weighted by molar-refractivity contribution is 9.10. The van der Waals surface area contributed by atoms with Crippen molar-refractivity contribution in [3.8, 4) is 0 Å². The van der Waals surface area contributed by atoms with Crippen LogP contribution in [0.4, 0.5) is 5.13 Å². The molecule has 0 unspecified atom stereocenters. The Hall–Kier alpha value is -1.96. The highest BCUT2D eigenvalue weighted by atomic mass is 79.9. The normalized spacial score (nSPS) is 10.6. The maximum absolute atomic E-state index is 12.4. The van der Waals surface area contributed by atoms with E-state index in [-0.39, 0.29) is 5.91 Å². The minimum atomic E-state index is -0.420. The van der Waals surface area contributed by atoms with Crippen molar-refractivity contribution < 1.29 is 14.3 Å². The molecule has 0 atom stereocenters. The van der Waals surface area contributed by atoms with Crippen LogP contribution in [0.3, 0.4) is 0 Å². The second-order valence-electron chi connectivity index (χ2n) is 4.77. The second kappa shape index (κ2) is 6.88. The lowest BCUT2D eigenvalue weighted by Crippen LogP contribution is -2.12. The van der Waals surface area contributed by atoms with Gasteiger partial charge >= 0.3 is 5.97 Å². The van der Waals surface area contributed by atoms with Crippen molar-refractivity contribution in [1.82, 2.24) is 4.98 Å². The molecule has 0 aliphatic rings. The van der Waals surface area contributed by atoms with E-state index < -0.39 is 5.97 Å². The van der Waals surface area contributed by atoms with Crippen LogP contribution in [-0.4, -0.2) is 24.0 Å². The van der Waals surface area contributed by atoms with Gasteiger partial charge in [0.1, 0.15) is 0 Å². The Balaban J connectivity index is 1.88. The molecule has 1 amide bonds. The van der Waals surface area contributed by atoms with Gasteiger partial charge in [-0.1, -0.05) is 38.9 Å². The van der Waals surface area contributed by atoms with Crippen molar-refractivity contribution in [1.29, 1.82) is 0 Å². The van der Waals surface area contributed by atoms with E-state index in [0.717, 1.165) is 9.17 Å². The van der Waals surface area contributed by atoms with Gasteiger partial charge in [0, 0.05) is 4.47 Å². The average Bonchev–Trinajstić information content (AvgIpc) is 2.97. The number of benzene rings is 2. The Labute approximate surface area is 154 Å². The first kappa shape index (κ1) is 16.9. The summed E-state index contributed by atoms with van der Waals surface area (Å²) in [5.74, 6) is -0.773. The zero-order valence-electron chi connectivity index (χ0n) is 12.3. The third-order valence-electron chi connectivity index (χ3n) is 3.20. The number of amides is 1. The van der Waals surface area contributed by atoms with Crippen LogP contribution in [-0.2, 0) is 4.74 Å². The number of rotatable bonds is 3. The summed E-state index contributed by atoms with van der Waals surface area (Å²) in [6.45, 7) is 0. The predicted molar refractivity (Wildman–Crippen MR) is 98.1 cm³/mol. The van der Waals surface area contributed by atoms with Crippen LogP contribution in [0.5, 0.6) is 0 Å². The molecule has 0 bridgehead atoms. The average molecular weight is 426 g/mol. The molecule has 1 N–H and O–H groups in total. The quantitative estimate of drug-likeness (QED) is 0.615. The molecule has 24 heavy (non-hydrogen) atoms. The Morgan fingerprint density at radius 2 is 2.04 bits per heavy atom. The first-order valence-electron chi connectivity index (χ1n) is 6.73. The predicted octanol–water partition coefficient (Wildman–Crippen LogP) is 4.75. The number of aromatic nitrogens is 1. The summed E-state index contributed by atoms with van der Waals surface area (Å²) < 4.78 is 6.22. The largest absolute Gasteiger partial charge is 0.465 e. The van der Waals surface area contributed by atoms with Gasteiger partial charge in [0.2, 0.25) is 0 Å². The lowest BCUT2D eigenvalue weighted by atomic mass is 10.2. The number of fused-ring (bicyclic) bond motifs is 1. The van der Waals surface area contributed by atoms with Gasteiger partial charge in [-0.3, -0.25) is 10.1 Å². The molecule has 2 aromatic carbocycles. The fourth-order valence-corrected chi connectivity index (χ4v) is 3.52. The van der Waals surface area contributed by atoms with Crippen LogP contribution in [0.15, 0.2) is 40.9 Å². The molecule has 0 aliphatic heterocycles. The first-order valence-corrected chi connectivity index (χ1v) is 8.72. The van der Waals surface area contributed by atoms with Gasteiger partial charge in [-0.05, 0) is 36.4 Å². The van der Waals surface area contributed by atoms with Gasteiger partial charge in [0.05, 0.1) is 33.5 Å². The summed E-state index contributed by atoms with van der Waals surface area (Å²) in [7, 11) is 1.33. The summed E-state index contributed by atoms with van der Waals surface area (Å²) in [4.78, 5) is 28.3. The smallest absolute Gasteiger partial charge is 0.337 e. The summed E-state index contributed by atoms with van der Waals surface area (Å²) in [6.07, 6.45) is 0. The minimum Gasteiger partial charge on any atom is -0.465 e. The SMILES string of the molecule is COC(=O)c1ccc2nc(NC(=O)c3cc(Br)ccc3Cl)sc2c1. The van der Waals surface area contributed by atoms with Crippen molar-refractivity contribution in [2.45, 2.75) is 0 Å². The Bertz CT molecular complexity index is 958. The molecule has 0 saturated heterocycles. The zero-order chi connectivity index (χ0) is 17.3. The molecule has 3 aromatic rings. The Morgan fingerprint density at radius 3 is 2.79 bits per heavy atom. The Morgan fingerprint density at radius 1 is 1.25 bits per heavy atom. The van der Waals surface area contributed by atoms with Crippen molar-refractivity contribution in [2.75, 3.05) is 12.4 Å². The maximum atomic E-state index is 12.4. The number of halogens is 2. The fraction of sp³-hybridized carbons (Fsp3) is 0.0625. The maximum Gasteiger partial charge on any atom is 0.337 e. The first-order chi connectivity index (χ1) is 11.5. The molecule has 1 heterocycles.